The fourth-order valence-electron chi connectivity index (χ4n) is 0.466. The molecule has 0 amide bonds. The molecule has 2 heteroatoms. The Hall–Kier alpha value is -0.0800. The molecule has 0 fully saturated rings. The van der Waals surface area contributed by atoms with E-state index in [0.717, 1.165) is 13.0 Å². The van der Waals surface area contributed by atoms with Crippen molar-refractivity contribution in [3.05, 3.63) is 6.92 Å². The van der Waals surface area contributed by atoms with Crippen molar-refractivity contribution in [1.29, 1.82) is 0 Å². The maximum atomic E-state index is 5.13. The van der Waals surface area contributed by atoms with E-state index in [9.17, 15) is 0 Å². The minimum atomic E-state index is 0.537. The topological polar surface area (TPSA) is 18.5 Å². The van der Waals surface area contributed by atoms with E-state index in [1.165, 1.54) is 0 Å². The van der Waals surface area contributed by atoms with Gasteiger partial charge in [-0.05, 0) is 13.3 Å². The SMILES string of the molecule is [CH2]COCCOCCC. The van der Waals surface area contributed by atoms with Gasteiger partial charge in [0.05, 0.1) is 13.2 Å². The summed E-state index contributed by atoms with van der Waals surface area (Å²) in [5.41, 5.74) is 0. The molecule has 0 aliphatic carbocycles. The summed E-state index contributed by atoms with van der Waals surface area (Å²) in [5, 5.41) is 0. The van der Waals surface area contributed by atoms with Crippen LogP contribution < -0.4 is 0 Å². The molecule has 0 spiro atoms. The van der Waals surface area contributed by atoms with Gasteiger partial charge in [-0.15, -0.1) is 0 Å². The predicted molar refractivity (Wildman–Crippen MR) is 37.3 cm³/mol. The van der Waals surface area contributed by atoms with Gasteiger partial charge >= 0.3 is 0 Å². The van der Waals surface area contributed by atoms with Crippen molar-refractivity contribution in [2.45, 2.75) is 13.3 Å². The van der Waals surface area contributed by atoms with E-state index < -0.39 is 0 Å². The fourth-order valence-corrected chi connectivity index (χ4v) is 0.466. The van der Waals surface area contributed by atoms with Gasteiger partial charge in [0.1, 0.15) is 0 Å². The van der Waals surface area contributed by atoms with Gasteiger partial charge < -0.3 is 9.47 Å². The molecule has 2 nitrogen and oxygen atoms in total. The number of hydrogen-bond donors (Lipinski definition) is 0. The van der Waals surface area contributed by atoms with Crippen LogP contribution in [0.15, 0.2) is 0 Å². The molecule has 0 unspecified atom stereocenters. The first-order valence-electron chi connectivity index (χ1n) is 3.36. The highest BCUT2D eigenvalue weighted by Gasteiger charge is 1.83. The van der Waals surface area contributed by atoms with E-state index in [0.29, 0.717) is 19.8 Å². The fraction of sp³-hybridized carbons (Fsp3) is 0.857. The van der Waals surface area contributed by atoms with Crippen LogP contribution >= 0.6 is 0 Å². The average Bonchev–Trinajstić information content (AvgIpc) is 1.89. The van der Waals surface area contributed by atoms with Crippen molar-refractivity contribution in [1.82, 2.24) is 0 Å². The Balaban J connectivity index is 2.60. The monoisotopic (exact) mass is 131 g/mol. The van der Waals surface area contributed by atoms with Gasteiger partial charge in [-0.25, -0.2) is 0 Å². The molecule has 0 aromatic heterocycles. The normalized spacial score (nSPS) is 10.0. The van der Waals surface area contributed by atoms with Crippen LogP contribution in [0, 0.1) is 6.92 Å². The maximum Gasteiger partial charge on any atom is 0.0700 e. The molecule has 0 aliphatic rings. The highest BCUT2D eigenvalue weighted by Crippen LogP contribution is 1.80. The zero-order chi connectivity index (χ0) is 6.95. The molecule has 0 saturated heterocycles. The van der Waals surface area contributed by atoms with E-state index in [4.69, 9.17) is 9.47 Å². The van der Waals surface area contributed by atoms with Crippen molar-refractivity contribution in [2.75, 3.05) is 26.4 Å². The quantitative estimate of drug-likeness (QED) is 0.505. The van der Waals surface area contributed by atoms with Crippen LogP contribution in [0.25, 0.3) is 0 Å². The van der Waals surface area contributed by atoms with E-state index >= 15 is 0 Å². The lowest BCUT2D eigenvalue weighted by Gasteiger charge is -2.00. The first kappa shape index (κ1) is 8.92. The zero-order valence-electron chi connectivity index (χ0n) is 6.06. The minimum Gasteiger partial charge on any atom is -0.379 e. The Morgan fingerprint density at radius 3 is 2.33 bits per heavy atom. The molecule has 0 aromatic carbocycles. The summed E-state index contributed by atoms with van der Waals surface area (Å²) in [6.07, 6.45) is 1.07. The van der Waals surface area contributed by atoms with Gasteiger partial charge in [-0.3, -0.25) is 0 Å². The van der Waals surface area contributed by atoms with Crippen LogP contribution in [0.2, 0.25) is 0 Å². The van der Waals surface area contributed by atoms with Gasteiger partial charge in [0.25, 0.3) is 0 Å². The Morgan fingerprint density at radius 2 is 1.78 bits per heavy atom. The average molecular weight is 131 g/mol. The third-order valence-corrected chi connectivity index (χ3v) is 0.865. The lowest BCUT2D eigenvalue weighted by atomic mass is 10.5. The van der Waals surface area contributed by atoms with Gasteiger partial charge in [-0.1, -0.05) is 6.92 Å². The number of hydrogen-bond acceptors (Lipinski definition) is 2. The standard InChI is InChI=1S/C7H15O2/c1-3-5-9-7-6-8-4-2/h2-7H2,1H3. The van der Waals surface area contributed by atoms with Crippen molar-refractivity contribution in [3.63, 3.8) is 0 Å². The van der Waals surface area contributed by atoms with Crippen molar-refractivity contribution in [3.8, 4) is 0 Å². The second-order valence-corrected chi connectivity index (χ2v) is 1.72. The Morgan fingerprint density at radius 1 is 1.11 bits per heavy atom. The summed E-state index contributed by atoms with van der Waals surface area (Å²) >= 11 is 0. The zero-order valence-corrected chi connectivity index (χ0v) is 6.06. The summed E-state index contributed by atoms with van der Waals surface area (Å²) in [7, 11) is 0. The van der Waals surface area contributed by atoms with Crippen LogP contribution in [0.4, 0.5) is 0 Å². The Labute approximate surface area is 57.2 Å². The van der Waals surface area contributed by atoms with Gasteiger partial charge in [0, 0.05) is 13.2 Å². The van der Waals surface area contributed by atoms with E-state index in [1.54, 1.807) is 0 Å². The third kappa shape index (κ3) is 7.92. The van der Waals surface area contributed by atoms with Crippen LogP contribution in [0.1, 0.15) is 13.3 Å². The molecule has 0 saturated carbocycles. The summed E-state index contributed by atoms with van der Waals surface area (Å²) < 4.78 is 10.1. The van der Waals surface area contributed by atoms with Gasteiger partial charge in [0.2, 0.25) is 0 Å². The van der Waals surface area contributed by atoms with Gasteiger partial charge in [-0.2, -0.15) is 0 Å². The van der Waals surface area contributed by atoms with Crippen LogP contribution in [0.3, 0.4) is 0 Å². The number of rotatable bonds is 6. The van der Waals surface area contributed by atoms with Crippen LogP contribution in [0.5, 0.6) is 0 Å². The van der Waals surface area contributed by atoms with Crippen molar-refractivity contribution >= 4 is 0 Å². The second kappa shape index (κ2) is 7.92. The van der Waals surface area contributed by atoms with Crippen LogP contribution in [-0.2, 0) is 9.47 Å². The molecule has 0 bridgehead atoms. The summed E-state index contributed by atoms with van der Waals surface area (Å²) in [6, 6.07) is 0. The molecule has 9 heavy (non-hydrogen) atoms. The maximum absolute atomic E-state index is 5.13. The molecule has 0 heterocycles. The first-order chi connectivity index (χ1) is 4.41. The molecule has 0 atom stereocenters. The second-order valence-electron chi connectivity index (χ2n) is 1.72. The molecule has 1 radical (unpaired) electrons. The smallest absolute Gasteiger partial charge is 0.0700 e. The lowest BCUT2D eigenvalue weighted by molar-refractivity contribution is 0.0582. The highest BCUT2D eigenvalue weighted by molar-refractivity contribution is 4.32. The predicted octanol–water partition coefficient (Wildman–Crippen LogP) is 1.26. The summed E-state index contributed by atoms with van der Waals surface area (Å²) in [5.74, 6) is 0. The molecule has 0 N–H and O–H groups in total. The highest BCUT2D eigenvalue weighted by atomic mass is 16.5. The largest absolute Gasteiger partial charge is 0.379 e. The Bertz CT molecular complexity index is 40.2. The minimum absolute atomic E-state index is 0.537. The molecular weight excluding hydrogens is 116 g/mol. The van der Waals surface area contributed by atoms with E-state index in [1.807, 2.05) is 0 Å². The Kier molecular flexibility index (Phi) is 7.85. The van der Waals surface area contributed by atoms with Crippen LogP contribution in [-0.4, -0.2) is 26.4 Å². The summed E-state index contributed by atoms with van der Waals surface area (Å²) in [4.78, 5) is 0. The van der Waals surface area contributed by atoms with E-state index in [-0.39, 0.29) is 0 Å². The van der Waals surface area contributed by atoms with Gasteiger partial charge in [0.15, 0.2) is 0 Å². The molecule has 0 aromatic rings. The summed E-state index contributed by atoms with van der Waals surface area (Å²) in [6.45, 7) is 8.35. The molecule has 0 aliphatic heterocycles. The first-order valence-corrected chi connectivity index (χ1v) is 3.36. The lowest BCUT2D eigenvalue weighted by Crippen LogP contribution is -2.04. The van der Waals surface area contributed by atoms with Crippen molar-refractivity contribution < 1.29 is 9.47 Å². The third-order valence-electron chi connectivity index (χ3n) is 0.865. The van der Waals surface area contributed by atoms with E-state index in [2.05, 4.69) is 13.8 Å². The number of ether oxygens (including phenoxy) is 2. The molecule has 0 rings (SSSR count). The van der Waals surface area contributed by atoms with Crippen molar-refractivity contribution in [2.24, 2.45) is 0 Å². The molecular formula is C7H15O2. The molecule has 55 valence electrons.